The number of rotatable bonds is 6. The predicted molar refractivity (Wildman–Crippen MR) is 132 cm³/mol. The zero-order chi connectivity index (χ0) is 24.7. The second kappa shape index (κ2) is 7.61. The maximum absolute atomic E-state index is 6.51. The Morgan fingerprint density at radius 3 is 0.647 bits per heavy atom. The van der Waals surface area contributed by atoms with E-state index in [1.165, 1.54) is 34.2 Å². The first-order chi connectivity index (χ1) is 15.8. The minimum atomic E-state index is -4.00. The summed E-state index contributed by atoms with van der Waals surface area (Å²) in [5, 5.41) is 0. The van der Waals surface area contributed by atoms with Crippen LogP contribution in [0.1, 0.15) is 0 Å². The highest BCUT2D eigenvalue weighted by molar-refractivity contribution is 7.06. The second-order valence-electron chi connectivity index (χ2n) is 7.80. The Labute approximate surface area is 206 Å². The summed E-state index contributed by atoms with van der Waals surface area (Å²) in [6.07, 6.45) is 0. The van der Waals surface area contributed by atoms with Gasteiger partial charge in [0.15, 0.2) is 0 Å². The standard InChI is InChI=1S/C14H24O12Si8/c1-9-29-15-27(7)17-30(10-2)18-28(8,16-29)20-32(12-4)24-33(13-5,21-29)23-31(11-3,19-27)25-34(14-6,22-30)26-32/h9-14H,1-6H2,7-8H3. The van der Waals surface area contributed by atoms with Crippen LogP contribution >= 0.6 is 0 Å². The fourth-order valence-electron chi connectivity index (χ4n) is 3.99. The van der Waals surface area contributed by atoms with Crippen molar-refractivity contribution in [2.75, 3.05) is 0 Å². The Morgan fingerprint density at radius 1 is 0.324 bits per heavy atom. The molecule has 0 aromatic rings. The molecule has 6 rings (SSSR count). The largest absolute Gasteiger partial charge is 0.507 e. The lowest BCUT2D eigenvalue weighted by molar-refractivity contribution is -0.00880. The fraction of sp³-hybridized carbons (Fsp3) is 0.143. The lowest BCUT2D eigenvalue weighted by Crippen LogP contribution is -2.87. The molecule has 6 saturated heterocycles. The van der Waals surface area contributed by atoms with Gasteiger partial charge < -0.3 is 49.4 Å². The van der Waals surface area contributed by atoms with Gasteiger partial charge in [-0.2, -0.15) is 0 Å². The van der Waals surface area contributed by atoms with E-state index in [4.69, 9.17) is 49.4 Å². The zero-order valence-corrected chi connectivity index (χ0v) is 26.6. The van der Waals surface area contributed by atoms with Crippen LogP contribution in [0, 0.1) is 0 Å². The van der Waals surface area contributed by atoms with E-state index < -0.39 is 70.4 Å². The zero-order valence-electron chi connectivity index (χ0n) is 18.6. The second-order valence-corrected chi connectivity index (χ2v) is 30.7. The summed E-state index contributed by atoms with van der Waals surface area (Å²) in [5.41, 5.74) is 8.40. The molecule has 12 nitrogen and oxygen atoms in total. The lowest BCUT2D eigenvalue weighted by Gasteiger charge is -2.60. The molecule has 0 amide bonds. The van der Waals surface area contributed by atoms with Crippen molar-refractivity contribution in [2.45, 2.75) is 13.1 Å². The van der Waals surface area contributed by atoms with Crippen LogP contribution in [0.3, 0.4) is 0 Å². The molecule has 8 bridgehead atoms. The molecule has 34 heavy (non-hydrogen) atoms. The Kier molecular flexibility index (Phi) is 5.67. The Hall–Kier alpha value is -0.305. The summed E-state index contributed by atoms with van der Waals surface area (Å²) in [4.78, 5) is 0. The summed E-state index contributed by atoms with van der Waals surface area (Å²) >= 11 is 0. The molecule has 6 aliphatic rings. The first kappa shape index (κ1) is 25.3. The van der Waals surface area contributed by atoms with Crippen LogP contribution in [0.5, 0.6) is 0 Å². The molecule has 6 aliphatic heterocycles. The van der Waals surface area contributed by atoms with E-state index in [-0.39, 0.29) is 0 Å². The van der Waals surface area contributed by atoms with Gasteiger partial charge in [-0.15, -0.1) is 39.5 Å². The topological polar surface area (TPSA) is 111 Å². The van der Waals surface area contributed by atoms with Crippen molar-refractivity contribution in [1.29, 1.82) is 0 Å². The summed E-state index contributed by atoms with van der Waals surface area (Å²) in [6.45, 7) is 26.6. The molecule has 0 aromatic carbocycles. The monoisotopic (exact) mass is 608 g/mol. The van der Waals surface area contributed by atoms with Crippen LogP contribution in [-0.2, 0) is 49.4 Å². The molecule has 0 aromatic heterocycles. The smallest absolute Gasteiger partial charge is 0.370 e. The molecule has 0 spiro atoms. The molecule has 0 aliphatic carbocycles. The van der Waals surface area contributed by atoms with Crippen LogP contribution in [0.2, 0.25) is 13.1 Å². The number of hydrogen-bond acceptors (Lipinski definition) is 12. The van der Waals surface area contributed by atoms with E-state index in [2.05, 4.69) is 39.5 Å². The minimum absolute atomic E-state index is 1.39. The van der Waals surface area contributed by atoms with Crippen molar-refractivity contribution >= 4 is 70.4 Å². The van der Waals surface area contributed by atoms with Crippen molar-refractivity contribution in [2.24, 2.45) is 0 Å². The third-order valence-electron chi connectivity index (χ3n) is 5.17. The molecule has 184 valence electrons. The molecular weight excluding hydrogens is 585 g/mol. The van der Waals surface area contributed by atoms with Gasteiger partial charge >= 0.3 is 70.4 Å². The van der Waals surface area contributed by atoms with Gasteiger partial charge in [0.05, 0.1) is 0 Å². The van der Waals surface area contributed by atoms with Crippen molar-refractivity contribution in [1.82, 2.24) is 0 Å². The van der Waals surface area contributed by atoms with Crippen LogP contribution in [0.15, 0.2) is 73.7 Å². The van der Waals surface area contributed by atoms with E-state index in [1.54, 1.807) is 13.1 Å². The van der Waals surface area contributed by atoms with Gasteiger partial charge in [-0.25, -0.2) is 0 Å². The minimum Gasteiger partial charge on any atom is -0.370 e. The fourth-order valence-corrected chi connectivity index (χ4v) is 44.9. The van der Waals surface area contributed by atoms with Gasteiger partial charge in [0, 0.05) is 13.1 Å². The average Bonchev–Trinajstić information content (AvgIpc) is 2.73. The lowest BCUT2D eigenvalue weighted by atomic mass is 11.3. The van der Waals surface area contributed by atoms with E-state index in [1.807, 2.05) is 0 Å². The molecule has 0 N–H and O–H groups in total. The average molecular weight is 609 g/mol. The van der Waals surface area contributed by atoms with E-state index in [0.717, 1.165) is 0 Å². The van der Waals surface area contributed by atoms with Crippen LogP contribution in [0.4, 0.5) is 0 Å². The molecular formula is C14H24O12Si8. The quantitative estimate of drug-likeness (QED) is 0.406. The van der Waals surface area contributed by atoms with Gasteiger partial charge in [-0.05, 0) is 34.2 Å². The van der Waals surface area contributed by atoms with E-state index in [0.29, 0.717) is 0 Å². The first-order valence-corrected chi connectivity index (χ1v) is 25.3. The molecule has 0 atom stereocenters. The first-order valence-electron chi connectivity index (χ1n) is 10.1. The molecule has 6 heterocycles. The Bertz CT molecular complexity index is 903. The van der Waals surface area contributed by atoms with Crippen molar-refractivity contribution in [3.63, 3.8) is 0 Å². The highest BCUT2D eigenvalue weighted by atomic mass is 28.6. The third-order valence-corrected chi connectivity index (χ3v) is 37.6. The highest BCUT2D eigenvalue weighted by Gasteiger charge is 2.80. The number of hydrogen-bond donors (Lipinski definition) is 0. The maximum atomic E-state index is 6.51. The van der Waals surface area contributed by atoms with Crippen LogP contribution in [0.25, 0.3) is 0 Å². The third kappa shape index (κ3) is 3.71. The Balaban J connectivity index is 1.89. The van der Waals surface area contributed by atoms with Crippen LogP contribution < -0.4 is 0 Å². The van der Waals surface area contributed by atoms with Crippen molar-refractivity contribution in [3.05, 3.63) is 73.7 Å². The SMILES string of the molecule is C=C[Si]12O[Si]3(C)O[Si]4(C=C)O[Si](C)(O1)O[Si]1(C=C)O[Si](C=C)(O2)O[Si](C=C)(O3)O[Si](C=C)(O4)O1. The van der Waals surface area contributed by atoms with Gasteiger partial charge in [-0.1, -0.05) is 0 Å². The van der Waals surface area contributed by atoms with Gasteiger partial charge in [0.2, 0.25) is 0 Å². The van der Waals surface area contributed by atoms with Crippen LogP contribution in [-0.4, -0.2) is 70.4 Å². The molecule has 20 heteroatoms. The van der Waals surface area contributed by atoms with Gasteiger partial charge in [-0.3, -0.25) is 0 Å². The van der Waals surface area contributed by atoms with Crippen molar-refractivity contribution in [3.8, 4) is 0 Å². The summed E-state index contributed by atoms with van der Waals surface area (Å²) in [6, 6.07) is 0. The van der Waals surface area contributed by atoms with E-state index in [9.17, 15) is 0 Å². The normalized spacial score (nSPS) is 55.6. The van der Waals surface area contributed by atoms with E-state index >= 15 is 0 Å². The highest BCUT2D eigenvalue weighted by Crippen LogP contribution is 2.49. The molecule has 6 fully saturated rings. The molecule has 0 unspecified atom stereocenters. The predicted octanol–water partition coefficient (Wildman–Crippen LogP) is 1.38. The molecule has 0 saturated carbocycles. The summed E-state index contributed by atoms with van der Waals surface area (Å²) in [7, 11) is -31.4. The van der Waals surface area contributed by atoms with Gasteiger partial charge in [0.25, 0.3) is 0 Å². The maximum Gasteiger partial charge on any atom is 0.507 e. The van der Waals surface area contributed by atoms with Crippen molar-refractivity contribution < 1.29 is 49.4 Å². The summed E-state index contributed by atoms with van der Waals surface area (Å²) in [5.74, 6) is 0. The Morgan fingerprint density at radius 2 is 0.471 bits per heavy atom. The summed E-state index contributed by atoms with van der Waals surface area (Å²) < 4.78 is 77.9. The van der Waals surface area contributed by atoms with Gasteiger partial charge in [0.1, 0.15) is 0 Å². The molecule has 0 radical (unpaired) electrons.